The number of phenols is 1. The molecule has 8 aromatic rings. The number of para-hydroxylation sites is 1. The largest absolute Gasteiger partial charge is 0.507 e. The molecule has 292 valence electrons. The highest BCUT2D eigenvalue weighted by atomic mass is 16.3. The topological polar surface area (TPSA) is 49.2 Å². The van der Waals surface area contributed by atoms with Crippen LogP contribution >= 0.6 is 0 Å². The number of phenolic OH excluding ortho intramolecular Hbond substituents is 1. The summed E-state index contributed by atoms with van der Waals surface area (Å²) in [6.07, 6.45) is 2.70. The quantitative estimate of drug-likeness (QED) is 0.159. The number of rotatable bonds is 9. The van der Waals surface area contributed by atoms with Crippen molar-refractivity contribution in [1.82, 2.24) is 9.97 Å². The van der Waals surface area contributed by atoms with Crippen LogP contribution in [0.25, 0.3) is 44.8 Å². The predicted octanol–water partition coefficient (Wildman–Crippen LogP) is 14.5. The van der Waals surface area contributed by atoms with Crippen LogP contribution in [-0.2, 0) is 17.3 Å². The molecule has 0 aliphatic carbocycles. The third kappa shape index (κ3) is 8.73. The van der Waals surface area contributed by atoms with Crippen molar-refractivity contribution in [3.05, 3.63) is 204 Å². The van der Waals surface area contributed by atoms with E-state index in [1.807, 2.05) is 36.5 Å². The molecule has 0 aliphatic rings. The molecule has 0 saturated heterocycles. The van der Waals surface area contributed by atoms with Gasteiger partial charge in [-0.25, -0.2) is 9.97 Å². The lowest BCUT2D eigenvalue weighted by Crippen LogP contribution is -2.17. The van der Waals surface area contributed by atoms with E-state index in [2.05, 4.69) is 192 Å². The molecular weight excluding hydrogens is 719 g/mol. The highest BCUT2D eigenvalue weighted by molar-refractivity contribution is 5.86. The molecule has 2 aromatic heterocycles. The van der Waals surface area contributed by atoms with Gasteiger partial charge in [-0.1, -0.05) is 157 Å². The van der Waals surface area contributed by atoms with Gasteiger partial charge in [-0.05, 0) is 117 Å². The molecule has 0 atom stereocenters. The zero-order valence-electron chi connectivity index (χ0n) is 34.8. The summed E-state index contributed by atoms with van der Waals surface area (Å²) in [5.41, 5.74) is 13.6. The minimum atomic E-state index is -0.286. The molecule has 1 N–H and O–H groups in total. The van der Waals surface area contributed by atoms with E-state index < -0.39 is 0 Å². The molecule has 2 heterocycles. The van der Waals surface area contributed by atoms with E-state index in [0.29, 0.717) is 0 Å². The van der Waals surface area contributed by atoms with Crippen LogP contribution in [0.5, 0.6) is 5.75 Å². The molecule has 0 bridgehead atoms. The van der Waals surface area contributed by atoms with Crippen molar-refractivity contribution >= 4 is 17.2 Å². The van der Waals surface area contributed by atoms with Gasteiger partial charge in [-0.3, -0.25) is 4.90 Å². The number of hydrogen-bond donors (Lipinski definition) is 1. The van der Waals surface area contributed by atoms with Crippen LogP contribution in [0.2, 0.25) is 0 Å². The van der Waals surface area contributed by atoms with Crippen molar-refractivity contribution in [2.24, 2.45) is 0 Å². The number of pyridine rings is 2. The first-order chi connectivity index (χ1) is 28.4. The van der Waals surface area contributed by atoms with Crippen LogP contribution in [-0.4, -0.2) is 15.1 Å². The molecule has 0 radical (unpaired) electrons. The molecular formula is C55H51N3O. The molecule has 4 heteroatoms. The third-order valence-electron chi connectivity index (χ3n) is 10.9. The van der Waals surface area contributed by atoms with Crippen LogP contribution in [0.1, 0.15) is 63.8 Å². The van der Waals surface area contributed by atoms with Crippen LogP contribution in [0, 0.1) is 0 Å². The van der Waals surface area contributed by atoms with Gasteiger partial charge in [0.05, 0.1) is 11.4 Å². The van der Waals surface area contributed by atoms with E-state index in [-0.39, 0.29) is 16.6 Å². The highest BCUT2D eigenvalue weighted by Crippen LogP contribution is 2.44. The van der Waals surface area contributed by atoms with Crippen molar-refractivity contribution in [2.45, 2.75) is 58.8 Å². The first kappa shape index (κ1) is 39.1. The number of aromatic nitrogens is 2. The molecule has 0 unspecified atom stereocenters. The Morgan fingerprint density at radius 3 is 1.69 bits per heavy atom. The smallest absolute Gasteiger partial charge is 0.137 e. The Morgan fingerprint density at radius 2 is 1.05 bits per heavy atom. The van der Waals surface area contributed by atoms with Crippen molar-refractivity contribution in [3.63, 3.8) is 0 Å². The van der Waals surface area contributed by atoms with Crippen LogP contribution in [0.15, 0.2) is 182 Å². The van der Waals surface area contributed by atoms with Crippen molar-refractivity contribution in [3.8, 4) is 50.5 Å². The Kier molecular flexibility index (Phi) is 10.7. The molecule has 0 fully saturated rings. The second kappa shape index (κ2) is 16.2. The number of hydrogen-bond acceptors (Lipinski definition) is 4. The normalized spacial score (nSPS) is 11.7. The summed E-state index contributed by atoms with van der Waals surface area (Å²) in [7, 11) is 0. The monoisotopic (exact) mass is 769 g/mol. The molecule has 59 heavy (non-hydrogen) atoms. The van der Waals surface area contributed by atoms with Crippen molar-refractivity contribution < 1.29 is 5.11 Å². The fourth-order valence-corrected chi connectivity index (χ4v) is 7.63. The number of aromatic hydroxyl groups is 1. The van der Waals surface area contributed by atoms with Gasteiger partial charge in [0.1, 0.15) is 11.6 Å². The highest BCUT2D eigenvalue weighted by Gasteiger charge is 2.27. The molecule has 0 aliphatic heterocycles. The van der Waals surface area contributed by atoms with Gasteiger partial charge < -0.3 is 5.11 Å². The molecule has 0 amide bonds. The second-order valence-electron chi connectivity index (χ2n) is 17.4. The van der Waals surface area contributed by atoms with E-state index in [1.165, 1.54) is 11.1 Å². The third-order valence-corrected chi connectivity index (χ3v) is 10.9. The van der Waals surface area contributed by atoms with Gasteiger partial charge in [0.25, 0.3) is 0 Å². The van der Waals surface area contributed by atoms with Gasteiger partial charge in [0.15, 0.2) is 0 Å². The summed E-state index contributed by atoms with van der Waals surface area (Å²) in [6, 6.07) is 61.6. The first-order valence-electron chi connectivity index (χ1n) is 20.4. The SMILES string of the molecule is CC(C)(C)c1cc(-c2cc(-c3ccccc3)cc(-c3cc(-c4ccc(Cc5ccccc5)cc4)cc(N(c4ccccc4)c4ccccn4)c3)n2)c(O)c(C(C)(C)C)c1. The minimum Gasteiger partial charge on any atom is -0.507 e. The summed E-state index contributed by atoms with van der Waals surface area (Å²) < 4.78 is 0. The van der Waals surface area contributed by atoms with E-state index >= 15 is 0 Å². The van der Waals surface area contributed by atoms with E-state index in [9.17, 15) is 5.11 Å². The first-order valence-corrected chi connectivity index (χ1v) is 20.4. The minimum absolute atomic E-state index is 0.144. The number of anilines is 3. The lowest BCUT2D eigenvalue weighted by Gasteiger charge is -2.27. The average Bonchev–Trinajstić information content (AvgIpc) is 3.24. The lowest BCUT2D eigenvalue weighted by atomic mass is 9.78. The zero-order chi connectivity index (χ0) is 41.1. The standard InChI is InChI=1S/C55H51N3O/c1-54(2,3)45-36-48(53(59)49(37-45)55(4,5)6)51-35-43(40-20-12-8-13-21-40)34-50(57-51)44-31-42(41-27-25-39(26-28-41)30-38-18-10-7-11-19-38)32-47(33-44)58(46-22-14-9-15-23-46)52-24-16-17-29-56-52/h7-29,31-37,59H,30H2,1-6H3. The van der Waals surface area contributed by atoms with Gasteiger partial charge in [-0.15, -0.1) is 0 Å². The Morgan fingerprint density at radius 1 is 0.475 bits per heavy atom. The summed E-state index contributed by atoms with van der Waals surface area (Å²) >= 11 is 0. The fraction of sp³-hybridized carbons (Fsp3) is 0.164. The number of nitrogens with zero attached hydrogens (tertiary/aromatic N) is 3. The van der Waals surface area contributed by atoms with E-state index in [4.69, 9.17) is 9.97 Å². The second-order valence-corrected chi connectivity index (χ2v) is 17.4. The van der Waals surface area contributed by atoms with Crippen LogP contribution in [0.3, 0.4) is 0 Å². The summed E-state index contributed by atoms with van der Waals surface area (Å²) in [6.45, 7) is 13.1. The van der Waals surface area contributed by atoms with Gasteiger partial charge in [0.2, 0.25) is 0 Å². The molecule has 0 spiro atoms. The van der Waals surface area contributed by atoms with Gasteiger partial charge in [-0.2, -0.15) is 0 Å². The molecule has 8 rings (SSSR count). The maximum absolute atomic E-state index is 12.1. The van der Waals surface area contributed by atoms with E-state index in [1.54, 1.807) is 0 Å². The zero-order valence-corrected chi connectivity index (χ0v) is 34.8. The van der Waals surface area contributed by atoms with Crippen molar-refractivity contribution in [1.29, 1.82) is 0 Å². The van der Waals surface area contributed by atoms with E-state index in [0.717, 1.165) is 79.5 Å². The molecule has 6 aromatic carbocycles. The molecule has 4 nitrogen and oxygen atoms in total. The Balaban J connectivity index is 1.36. The Labute approximate surface area is 349 Å². The summed E-state index contributed by atoms with van der Waals surface area (Å²) in [5, 5.41) is 12.1. The maximum atomic E-state index is 12.1. The van der Waals surface area contributed by atoms with Crippen LogP contribution < -0.4 is 4.90 Å². The average molecular weight is 770 g/mol. The number of benzene rings is 6. The summed E-state index contributed by atoms with van der Waals surface area (Å²) in [4.78, 5) is 12.5. The predicted molar refractivity (Wildman–Crippen MR) is 247 cm³/mol. The van der Waals surface area contributed by atoms with Gasteiger partial charge >= 0.3 is 0 Å². The maximum Gasteiger partial charge on any atom is 0.137 e. The fourth-order valence-electron chi connectivity index (χ4n) is 7.63. The summed E-state index contributed by atoms with van der Waals surface area (Å²) in [5.74, 6) is 1.08. The molecule has 0 saturated carbocycles. The Bertz CT molecular complexity index is 2640. The lowest BCUT2D eigenvalue weighted by molar-refractivity contribution is 0.446. The van der Waals surface area contributed by atoms with Crippen molar-refractivity contribution in [2.75, 3.05) is 4.90 Å². The van der Waals surface area contributed by atoms with Crippen LogP contribution in [0.4, 0.5) is 17.2 Å². The van der Waals surface area contributed by atoms with Gasteiger partial charge in [0, 0.05) is 34.3 Å². The Hall–Kier alpha value is -6.78.